The normalized spacial score (nSPS) is 11.1. The molecule has 0 aliphatic rings. The molecule has 0 fully saturated rings. The van der Waals surface area contributed by atoms with E-state index in [1.54, 1.807) is 11.5 Å². The summed E-state index contributed by atoms with van der Waals surface area (Å²) < 4.78 is 29.3. The average molecular weight is 448 g/mol. The zero-order valence-electron chi connectivity index (χ0n) is 18.4. The number of pyridine rings is 1. The molecule has 4 rings (SSSR count). The van der Waals surface area contributed by atoms with Crippen LogP contribution in [-0.4, -0.2) is 22.1 Å². The highest BCUT2D eigenvalue weighted by atomic mass is 19.1. The number of hydrogen-bond acceptors (Lipinski definition) is 3. The molecular weight excluding hydrogens is 426 g/mol. The number of aromatic nitrogens is 1. The van der Waals surface area contributed by atoms with Crippen molar-refractivity contribution < 1.29 is 18.7 Å². The quantitative estimate of drug-likeness (QED) is 0.463. The van der Waals surface area contributed by atoms with Gasteiger partial charge in [-0.25, -0.2) is 8.78 Å². The topological polar surface area (TPSA) is 62.5 Å². The first-order chi connectivity index (χ1) is 15.7. The summed E-state index contributed by atoms with van der Waals surface area (Å²) in [5.41, 5.74) is 2.43. The van der Waals surface area contributed by atoms with Crippen molar-refractivity contribution in [3.8, 4) is 11.4 Å². The molecule has 168 valence electrons. The standard InChI is InChI=1S/C26H22F2N2O3/c1-4-29(20-11-17(27)10-18(28)12-20)26(33)23-14-30(19-8-15(2)7-16(3)9-19)24-13-21(31)5-6-22(24)25(23)32/h5-14,31H,4H2,1-3H3. The molecule has 7 heteroatoms. The van der Waals surface area contributed by atoms with Gasteiger partial charge in [-0.1, -0.05) is 6.07 Å². The number of anilines is 1. The van der Waals surface area contributed by atoms with Crippen LogP contribution in [0.25, 0.3) is 16.6 Å². The minimum atomic E-state index is -0.821. The summed E-state index contributed by atoms with van der Waals surface area (Å²) >= 11 is 0. The van der Waals surface area contributed by atoms with Crippen LogP contribution in [0.2, 0.25) is 0 Å². The molecule has 0 aliphatic heterocycles. The number of phenolic OH excluding ortho intramolecular Hbond substituents is 1. The number of aryl methyl sites for hydroxylation is 2. The summed E-state index contributed by atoms with van der Waals surface area (Å²) in [5.74, 6) is -2.35. The molecule has 0 spiro atoms. The van der Waals surface area contributed by atoms with Crippen LogP contribution in [0.4, 0.5) is 14.5 Å². The fourth-order valence-electron chi connectivity index (χ4n) is 4.05. The van der Waals surface area contributed by atoms with E-state index in [0.717, 1.165) is 34.2 Å². The molecule has 0 saturated heterocycles. The van der Waals surface area contributed by atoms with Crippen molar-refractivity contribution >= 4 is 22.5 Å². The van der Waals surface area contributed by atoms with E-state index in [1.165, 1.54) is 24.4 Å². The number of rotatable bonds is 4. The molecule has 1 amide bonds. The van der Waals surface area contributed by atoms with E-state index in [4.69, 9.17) is 0 Å². The number of benzene rings is 3. The van der Waals surface area contributed by atoms with Crippen LogP contribution in [0.5, 0.6) is 5.75 Å². The fraction of sp³-hybridized carbons (Fsp3) is 0.154. The van der Waals surface area contributed by atoms with Gasteiger partial charge in [0.05, 0.1) is 5.52 Å². The van der Waals surface area contributed by atoms with Crippen molar-refractivity contribution in [3.63, 3.8) is 0 Å². The number of fused-ring (bicyclic) bond motifs is 1. The summed E-state index contributed by atoms with van der Waals surface area (Å²) in [5, 5.41) is 10.3. The lowest BCUT2D eigenvalue weighted by Gasteiger charge is -2.22. The van der Waals surface area contributed by atoms with Crippen LogP contribution in [0, 0.1) is 25.5 Å². The number of hydrogen-bond donors (Lipinski definition) is 1. The van der Waals surface area contributed by atoms with Crippen LogP contribution in [0.1, 0.15) is 28.4 Å². The van der Waals surface area contributed by atoms with E-state index in [2.05, 4.69) is 0 Å². The van der Waals surface area contributed by atoms with Gasteiger partial charge in [0.2, 0.25) is 5.43 Å². The van der Waals surface area contributed by atoms with Gasteiger partial charge in [-0.15, -0.1) is 0 Å². The summed E-state index contributed by atoms with van der Waals surface area (Å²) in [7, 11) is 0. The first kappa shape index (κ1) is 22.2. The molecule has 0 bridgehead atoms. The van der Waals surface area contributed by atoms with Crippen molar-refractivity contribution in [2.24, 2.45) is 0 Å². The first-order valence-corrected chi connectivity index (χ1v) is 10.4. The Morgan fingerprint density at radius 1 is 0.970 bits per heavy atom. The van der Waals surface area contributed by atoms with E-state index < -0.39 is 23.0 Å². The van der Waals surface area contributed by atoms with Crippen LogP contribution < -0.4 is 10.3 Å². The molecule has 0 atom stereocenters. The van der Waals surface area contributed by atoms with Gasteiger partial charge in [0.25, 0.3) is 5.91 Å². The van der Waals surface area contributed by atoms with Gasteiger partial charge in [0.1, 0.15) is 22.9 Å². The van der Waals surface area contributed by atoms with E-state index in [-0.39, 0.29) is 28.9 Å². The first-order valence-electron chi connectivity index (χ1n) is 10.4. The highest BCUT2D eigenvalue weighted by Gasteiger charge is 2.23. The smallest absolute Gasteiger partial charge is 0.263 e. The number of nitrogens with zero attached hydrogens (tertiary/aromatic N) is 2. The van der Waals surface area contributed by atoms with Crippen LogP contribution in [-0.2, 0) is 0 Å². The second-order valence-corrected chi connectivity index (χ2v) is 7.97. The number of halogens is 2. The third-order valence-electron chi connectivity index (χ3n) is 5.42. The number of carbonyl (C=O) groups excluding carboxylic acids is 1. The monoisotopic (exact) mass is 448 g/mol. The Labute approximate surface area is 189 Å². The Hall–Kier alpha value is -4.00. The van der Waals surface area contributed by atoms with Crippen LogP contribution in [0.15, 0.2) is 65.6 Å². The zero-order valence-corrected chi connectivity index (χ0v) is 18.4. The molecule has 3 aromatic carbocycles. The lowest BCUT2D eigenvalue weighted by atomic mass is 10.1. The second-order valence-electron chi connectivity index (χ2n) is 7.97. The number of phenols is 1. The largest absolute Gasteiger partial charge is 0.508 e. The summed E-state index contributed by atoms with van der Waals surface area (Å²) in [6, 6.07) is 12.9. The molecule has 1 heterocycles. The van der Waals surface area contributed by atoms with Gasteiger partial charge in [-0.2, -0.15) is 0 Å². The molecule has 1 N–H and O–H groups in total. The molecule has 4 aromatic rings. The van der Waals surface area contributed by atoms with Crippen molar-refractivity contribution in [1.82, 2.24) is 4.57 Å². The Kier molecular flexibility index (Phi) is 5.72. The number of aromatic hydroxyl groups is 1. The Morgan fingerprint density at radius 2 is 1.61 bits per heavy atom. The molecule has 0 unspecified atom stereocenters. The van der Waals surface area contributed by atoms with Gasteiger partial charge in [-0.3, -0.25) is 9.59 Å². The summed E-state index contributed by atoms with van der Waals surface area (Å²) in [6.07, 6.45) is 1.42. The SMILES string of the molecule is CCN(C(=O)c1cn(-c2cc(C)cc(C)c2)c2cc(O)ccc2c1=O)c1cc(F)cc(F)c1. The second kappa shape index (κ2) is 8.50. The highest BCUT2D eigenvalue weighted by molar-refractivity contribution is 6.07. The van der Waals surface area contributed by atoms with Crippen molar-refractivity contribution in [3.05, 3.63) is 99.3 Å². The third kappa shape index (κ3) is 4.22. The zero-order chi connectivity index (χ0) is 23.9. The van der Waals surface area contributed by atoms with Gasteiger partial charge in [-0.05, 0) is 68.3 Å². The number of carbonyl (C=O) groups is 1. The maximum atomic E-state index is 13.8. The van der Waals surface area contributed by atoms with Crippen LogP contribution in [0.3, 0.4) is 0 Å². The fourth-order valence-corrected chi connectivity index (χ4v) is 4.05. The molecule has 1 aromatic heterocycles. The summed E-state index contributed by atoms with van der Waals surface area (Å²) in [4.78, 5) is 27.9. The van der Waals surface area contributed by atoms with Crippen molar-refractivity contribution in [1.29, 1.82) is 0 Å². The van der Waals surface area contributed by atoms with E-state index >= 15 is 0 Å². The maximum absolute atomic E-state index is 13.8. The lowest BCUT2D eigenvalue weighted by molar-refractivity contribution is 0.0987. The molecule has 0 saturated carbocycles. The van der Waals surface area contributed by atoms with Gasteiger partial charge in [0, 0.05) is 41.6 Å². The molecule has 5 nitrogen and oxygen atoms in total. The van der Waals surface area contributed by atoms with E-state index in [0.29, 0.717) is 11.2 Å². The molecular formula is C26H22F2N2O3. The van der Waals surface area contributed by atoms with Gasteiger partial charge in [0.15, 0.2) is 0 Å². The molecule has 0 aliphatic carbocycles. The predicted octanol–water partition coefficient (Wildman–Crippen LogP) is 5.26. The Morgan fingerprint density at radius 3 is 2.21 bits per heavy atom. The summed E-state index contributed by atoms with van der Waals surface area (Å²) in [6.45, 7) is 5.62. The van der Waals surface area contributed by atoms with Gasteiger partial charge < -0.3 is 14.6 Å². The van der Waals surface area contributed by atoms with Crippen molar-refractivity contribution in [2.75, 3.05) is 11.4 Å². The highest BCUT2D eigenvalue weighted by Crippen LogP contribution is 2.25. The predicted molar refractivity (Wildman–Crippen MR) is 124 cm³/mol. The molecule has 0 radical (unpaired) electrons. The Balaban J connectivity index is 1.98. The van der Waals surface area contributed by atoms with Crippen LogP contribution >= 0.6 is 0 Å². The van der Waals surface area contributed by atoms with E-state index in [1.807, 2.05) is 32.0 Å². The molecule has 33 heavy (non-hydrogen) atoms. The minimum absolute atomic E-state index is 0.0168. The third-order valence-corrected chi connectivity index (χ3v) is 5.42. The average Bonchev–Trinajstić information content (AvgIpc) is 2.73. The lowest BCUT2D eigenvalue weighted by Crippen LogP contribution is -2.35. The maximum Gasteiger partial charge on any atom is 0.263 e. The van der Waals surface area contributed by atoms with Gasteiger partial charge >= 0.3 is 0 Å². The van der Waals surface area contributed by atoms with E-state index in [9.17, 15) is 23.5 Å². The number of amides is 1. The minimum Gasteiger partial charge on any atom is -0.508 e. The Bertz CT molecular complexity index is 1420. The van der Waals surface area contributed by atoms with Crippen molar-refractivity contribution in [2.45, 2.75) is 20.8 Å².